The van der Waals surface area contributed by atoms with Gasteiger partial charge in [-0.25, -0.2) is 9.37 Å². The van der Waals surface area contributed by atoms with Crippen molar-refractivity contribution in [1.82, 2.24) is 9.97 Å². The van der Waals surface area contributed by atoms with Gasteiger partial charge in [-0.15, -0.1) is 0 Å². The van der Waals surface area contributed by atoms with E-state index in [1.54, 1.807) is 12.1 Å². The Hall–Kier alpha value is -1.86. The molecular formula is C14H17FN4OS. The molecule has 0 bridgehead atoms. The number of halogens is 1. The number of nitrogens with two attached hydrogens (primary N) is 2. The highest BCUT2D eigenvalue weighted by Gasteiger charge is 2.21. The summed E-state index contributed by atoms with van der Waals surface area (Å²) in [6.07, 6.45) is 0.738. The molecule has 2 rings (SSSR count). The molecule has 0 saturated heterocycles. The zero-order valence-electron chi connectivity index (χ0n) is 11.5. The van der Waals surface area contributed by atoms with Gasteiger partial charge in [0, 0.05) is 12.1 Å². The number of rotatable bonds is 5. The van der Waals surface area contributed by atoms with Crippen molar-refractivity contribution in [3.05, 3.63) is 52.1 Å². The molecule has 0 amide bonds. The molecule has 0 radical (unpaired) electrons. The van der Waals surface area contributed by atoms with E-state index in [4.69, 9.17) is 11.5 Å². The maximum Gasteiger partial charge on any atom is 0.253 e. The molecule has 112 valence electrons. The fourth-order valence-corrected chi connectivity index (χ4v) is 3.12. The molecule has 2 unspecified atom stereocenters. The number of H-pyrrole nitrogens is 1. The lowest BCUT2D eigenvalue weighted by atomic mass is 10.0. The lowest BCUT2D eigenvalue weighted by Crippen LogP contribution is -2.26. The van der Waals surface area contributed by atoms with Crippen molar-refractivity contribution >= 4 is 17.6 Å². The maximum absolute atomic E-state index is 13.1. The van der Waals surface area contributed by atoms with Crippen molar-refractivity contribution in [2.45, 2.75) is 29.8 Å². The second kappa shape index (κ2) is 6.73. The molecule has 2 atom stereocenters. The van der Waals surface area contributed by atoms with E-state index in [9.17, 15) is 9.18 Å². The zero-order chi connectivity index (χ0) is 15.4. The minimum Gasteiger partial charge on any atom is -0.383 e. The molecule has 0 aliphatic carbocycles. The molecule has 1 aromatic heterocycles. The van der Waals surface area contributed by atoms with E-state index in [1.165, 1.54) is 30.0 Å². The minimum absolute atomic E-state index is 0.152. The predicted octanol–water partition coefficient (Wildman–Crippen LogP) is 2.06. The van der Waals surface area contributed by atoms with Gasteiger partial charge in [0.15, 0.2) is 5.16 Å². The Morgan fingerprint density at radius 1 is 1.38 bits per heavy atom. The minimum atomic E-state index is -0.312. The summed E-state index contributed by atoms with van der Waals surface area (Å²) in [7, 11) is 0. The highest BCUT2D eigenvalue weighted by molar-refractivity contribution is 7.99. The van der Waals surface area contributed by atoms with Gasteiger partial charge >= 0.3 is 0 Å². The van der Waals surface area contributed by atoms with Crippen LogP contribution < -0.4 is 17.0 Å². The van der Waals surface area contributed by atoms with Crippen LogP contribution in [0.4, 0.5) is 10.2 Å². The van der Waals surface area contributed by atoms with Gasteiger partial charge in [0.05, 0.1) is 5.25 Å². The summed E-state index contributed by atoms with van der Waals surface area (Å²) < 4.78 is 13.1. The Morgan fingerprint density at radius 3 is 2.62 bits per heavy atom. The second-order valence-corrected chi connectivity index (χ2v) is 5.77. The quantitative estimate of drug-likeness (QED) is 0.580. The van der Waals surface area contributed by atoms with Crippen molar-refractivity contribution < 1.29 is 4.39 Å². The van der Waals surface area contributed by atoms with Gasteiger partial charge in [0.2, 0.25) is 0 Å². The summed E-state index contributed by atoms with van der Waals surface area (Å²) in [5.74, 6) is -0.146. The lowest BCUT2D eigenvalue weighted by Gasteiger charge is -2.22. The van der Waals surface area contributed by atoms with Crippen molar-refractivity contribution in [2.24, 2.45) is 5.73 Å². The molecule has 1 aromatic carbocycles. The summed E-state index contributed by atoms with van der Waals surface area (Å²) in [6.45, 7) is 1.97. The van der Waals surface area contributed by atoms with Crippen LogP contribution in [-0.4, -0.2) is 16.0 Å². The van der Waals surface area contributed by atoms with Crippen molar-refractivity contribution in [3.63, 3.8) is 0 Å². The van der Waals surface area contributed by atoms with Gasteiger partial charge in [-0.1, -0.05) is 30.8 Å². The monoisotopic (exact) mass is 308 g/mol. The zero-order valence-corrected chi connectivity index (χ0v) is 12.4. The Labute approximate surface area is 126 Å². The third kappa shape index (κ3) is 4.05. The molecule has 0 fully saturated rings. The third-order valence-electron chi connectivity index (χ3n) is 3.04. The van der Waals surface area contributed by atoms with Crippen LogP contribution in [0.15, 0.2) is 40.3 Å². The average Bonchev–Trinajstić information content (AvgIpc) is 2.44. The van der Waals surface area contributed by atoms with Crippen molar-refractivity contribution in [1.29, 1.82) is 0 Å². The number of thioether (sulfide) groups is 1. The Kier molecular flexibility index (Phi) is 4.98. The fourth-order valence-electron chi connectivity index (χ4n) is 1.90. The van der Waals surface area contributed by atoms with Gasteiger partial charge in [-0.2, -0.15) is 0 Å². The number of aromatic nitrogens is 2. The lowest BCUT2D eigenvalue weighted by molar-refractivity contribution is 0.617. The maximum atomic E-state index is 13.1. The number of nitrogen functional groups attached to an aromatic ring is 1. The number of nitrogens with zero attached hydrogens (tertiary/aromatic N) is 1. The van der Waals surface area contributed by atoms with Gasteiger partial charge in [-0.3, -0.25) is 4.79 Å². The van der Waals surface area contributed by atoms with Crippen molar-refractivity contribution in [2.75, 3.05) is 5.73 Å². The predicted molar refractivity (Wildman–Crippen MR) is 82.5 cm³/mol. The Bertz CT molecular complexity index is 659. The van der Waals surface area contributed by atoms with E-state index in [1.807, 2.05) is 6.92 Å². The molecule has 0 saturated carbocycles. The topological polar surface area (TPSA) is 97.8 Å². The molecule has 2 aromatic rings. The molecule has 21 heavy (non-hydrogen) atoms. The molecular weight excluding hydrogens is 291 g/mol. The molecule has 1 heterocycles. The summed E-state index contributed by atoms with van der Waals surface area (Å²) in [5.41, 5.74) is 12.3. The van der Waals surface area contributed by atoms with Gasteiger partial charge in [0.25, 0.3) is 5.56 Å². The van der Waals surface area contributed by atoms with Crippen LogP contribution in [-0.2, 0) is 0 Å². The van der Waals surface area contributed by atoms with Crippen LogP contribution in [0.1, 0.15) is 24.2 Å². The first-order valence-electron chi connectivity index (χ1n) is 6.54. The van der Waals surface area contributed by atoms with Gasteiger partial charge in [0.1, 0.15) is 11.6 Å². The molecule has 7 heteroatoms. The molecule has 5 nitrogen and oxygen atoms in total. The summed E-state index contributed by atoms with van der Waals surface area (Å²) in [4.78, 5) is 18.2. The van der Waals surface area contributed by atoms with E-state index < -0.39 is 0 Å². The number of aromatic amines is 1. The van der Waals surface area contributed by atoms with Crippen LogP contribution >= 0.6 is 11.8 Å². The highest BCUT2D eigenvalue weighted by Crippen LogP contribution is 2.36. The Balaban J connectivity index is 2.32. The number of anilines is 1. The second-order valence-electron chi connectivity index (χ2n) is 4.64. The van der Waals surface area contributed by atoms with Crippen LogP contribution in [0.2, 0.25) is 0 Å². The molecule has 0 aliphatic rings. The SMILES string of the molecule is CCC(N)C(Sc1nc(N)cc(=O)[nH]1)c1ccc(F)cc1. The van der Waals surface area contributed by atoms with Gasteiger partial charge < -0.3 is 16.5 Å². The molecule has 5 N–H and O–H groups in total. The summed E-state index contributed by atoms with van der Waals surface area (Å²) >= 11 is 1.31. The van der Waals surface area contributed by atoms with Gasteiger partial charge in [-0.05, 0) is 24.1 Å². The van der Waals surface area contributed by atoms with E-state index in [-0.39, 0.29) is 28.5 Å². The van der Waals surface area contributed by atoms with E-state index in [0.29, 0.717) is 5.16 Å². The Morgan fingerprint density at radius 2 is 2.05 bits per heavy atom. The first kappa shape index (κ1) is 15.5. The number of hydrogen-bond acceptors (Lipinski definition) is 5. The first-order valence-corrected chi connectivity index (χ1v) is 7.42. The average molecular weight is 308 g/mol. The third-order valence-corrected chi connectivity index (χ3v) is 4.33. The van der Waals surface area contributed by atoms with Crippen LogP contribution in [0.5, 0.6) is 0 Å². The normalized spacial score (nSPS) is 13.9. The van der Waals surface area contributed by atoms with E-state index >= 15 is 0 Å². The largest absolute Gasteiger partial charge is 0.383 e. The van der Waals surface area contributed by atoms with E-state index in [2.05, 4.69) is 9.97 Å². The smallest absolute Gasteiger partial charge is 0.253 e. The fraction of sp³-hybridized carbons (Fsp3) is 0.286. The summed E-state index contributed by atoms with van der Waals surface area (Å²) in [6, 6.07) is 7.21. The first-order chi connectivity index (χ1) is 9.99. The number of benzene rings is 1. The van der Waals surface area contributed by atoms with Crippen LogP contribution in [0, 0.1) is 5.82 Å². The molecule has 0 spiro atoms. The number of hydrogen-bond donors (Lipinski definition) is 3. The van der Waals surface area contributed by atoms with Crippen molar-refractivity contribution in [3.8, 4) is 0 Å². The van der Waals surface area contributed by atoms with Crippen LogP contribution in [0.3, 0.4) is 0 Å². The summed E-state index contributed by atoms with van der Waals surface area (Å²) in [5, 5.41) is 0.249. The number of nitrogens with one attached hydrogen (secondary N) is 1. The molecule has 0 aliphatic heterocycles. The highest BCUT2D eigenvalue weighted by atomic mass is 32.2. The standard InChI is InChI=1S/C14H17FN4OS/c1-2-10(16)13(8-3-5-9(15)6-4-8)21-14-18-11(17)7-12(20)19-14/h3-7,10,13H,2,16H2,1H3,(H3,17,18,19,20). The van der Waals surface area contributed by atoms with E-state index in [0.717, 1.165) is 12.0 Å². The van der Waals surface area contributed by atoms with Crippen LogP contribution in [0.25, 0.3) is 0 Å².